The second kappa shape index (κ2) is 7.27. The molecule has 3 nitrogen and oxygen atoms in total. The topological polar surface area (TPSA) is 38.7 Å². The Labute approximate surface area is 110 Å². The molecule has 0 spiro atoms. The molecule has 0 aromatic heterocycles. The molecule has 0 unspecified atom stereocenters. The van der Waals surface area contributed by atoms with Crippen LogP contribution in [-0.4, -0.2) is 18.8 Å². The summed E-state index contributed by atoms with van der Waals surface area (Å²) in [6.45, 7) is 6.75. The van der Waals surface area contributed by atoms with Gasteiger partial charge in [-0.2, -0.15) is 0 Å². The number of hydrogen-bond acceptors (Lipinski definition) is 3. The summed E-state index contributed by atoms with van der Waals surface area (Å²) in [5, 5.41) is 9.73. The van der Waals surface area contributed by atoms with E-state index < -0.39 is 6.10 Å². The highest BCUT2D eigenvalue weighted by Crippen LogP contribution is 2.30. The maximum absolute atomic E-state index is 9.73. The number of aliphatic hydroxyl groups excluding tert-OH is 1. The fraction of sp³-hybridized carbons (Fsp3) is 0.600. The third-order valence-electron chi connectivity index (χ3n) is 3.30. The standard InChI is InChI=1S/C15H24O3/c1-5-12(6-2)10-18-15-9-13(17-4)7-8-14(15)11(3)16/h7-9,11-12,16H,5-6,10H2,1-4H3/t11-/m0/s1. The number of methoxy groups -OCH3 is 1. The average molecular weight is 252 g/mol. The minimum absolute atomic E-state index is 0.535. The molecular weight excluding hydrogens is 228 g/mol. The van der Waals surface area contributed by atoms with Gasteiger partial charge in [-0.3, -0.25) is 0 Å². The summed E-state index contributed by atoms with van der Waals surface area (Å²) in [6.07, 6.45) is 1.67. The zero-order chi connectivity index (χ0) is 13.5. The van der Waals surface area contributed by atoms with Crippen LogP contribution in [0.5, 0.6) is 11.5 Å². The molecule has 1 aromatic carbocycles. The van der Waals surface area contributed by atoms with E-state index in [1.165, 1.54) is 0 Å². The maximum Gasteiger partial charge on any atom is 0.128 e. The Hall–Kier alpha value is -1.22. The third kappa shape index (κ3) is 3.91. The Morgan fingerprint density at radius 2 is 1.89 bits per heavy atom. The van der Waals surface area contributed by atoms with Gasteiger partial charge in [-0.1, -0.05) is 26.7 Å². The van der Waals surface area contributed by atoms with Crippen LogP contribution in [0.4, 0.5) is 0 Å². The molecule has 1 atom stereocenters. The van der Waals surface area contributed by atoms with Crippen molar-refractivity contribution in [2.24, 2.45) is 5.92 Å². The van der Waals surface area contributed by atoms with Gasteiger partial charge < -0.3 is 14.6 Å². The minimum atomic E-state index is -0.535. The molecule has 0 saturated carbocycles. The predicted octanol–water partition coefficient (Wildman–Crippen LogP) is 3.56. The molecule has 1 N–H and O–H groups in total. The van der Waals surface area contributed by atoms with Crippen molar-refractivity contribution < 1.29 is 14.6 Å². The average Bonchev–Trinajstić information content (AvgIpc) is 2.39. The fourth-order valence-corrected chi connectivity index (χ4v) is 1.84. The van der Waals surface area contributed by atoms with Crippen LogP contribution in [0.25, 0.3) is 0 Å². The van der Waals surface area contributed by atoms with Crippen LogP contribution < -0.4 is 9.47 Å². The molecular formula is C15H24O3. The summed E-state index contributed by atoms with van der Waals surface area (Å²) in [5.41, 5.74) is 0.807. The molecule has 0 radical (unpaired) electrons. The Balaban J connectivity index is 2.83. The van der Waals surface area contributed by atoms with Crippen LogP contribution in [0.1, 0.15) is 45.3 Å². The Kier molecular flexibility index (Phi) is 5.99. The van der Waals surface area contributed by atoms with Crippen molar-refractivity contribution in [3.05, 3.63) is 23.8 Å². The Bertz CT molecular complexity index is 357. The van der Waals surface area contributed by atoms with E-state index in [2.05, 4.69) is 13.8 Å². The minimum Gasteiger partial charge on any atom is -0.497 e. The van der Waals surface area contributed by atoms with E-state index in [1.54, 1.807) is 14.0 Å². The molecule has 1 rings (SSSR count). The fourth-order valence-electron chi connectivity index (χ4n) is 1.84. The number of hydrogen-bond donors (Lipinski definition) is 1. The van der Waals surface area contributed by atoms with Crippen LogP contribution in [-0.2, 0) is 0 Å². The normalized spacial score (nSPS) is 12.6. The molecule has 0 aliphatic rings. The van der Waals surface area contributed by atoms with E-state index in [1.807, 2.05) is 18.2 Å². The number of aliphatic hydroxyl groups is 1. The highest BCUT2D eigenvalue weighted by Gasteiger charge is 2.12. The first-order chi connectivity index (χ1) is 8.62. The summed E-state index contributed by atoms with van der Waals surface area (Å²) in [5.74, 6) is 2.02. The van der Waals surface area contributed by atoms with Gasteiger partial charge in [0.05, 0.1) is 19.8 Å². The van der Waals surface area contributed by atoms with Crippen molar-refractivity contribution in [2.45, 2.75) is 39.7 Å². The molecule has 0 bridgehead atoms. The van der Waals surface area contributed by atoms with Gasteiger partial charge in [0.2, 0.25) is 0 Å². The van der Waals surface area contributed by atoms with Gasteiger partial charge in [-0.15, -0.1) is 0 Å². The second-order valence-electron chi connectivity index (χ2n) is 4.57. The van der Waals surface area contributed by atoms with Crippen LogP contribution in [0.15, 0.2) is 18.2 Å². The zero-order valence-corrected chi connectivity index (χ0v) is 11.8. The van der Waals surface area contributed by atoms with Crippen molar-refractivity contribution in [1.29, 1.82) is 0 Å². The molecule has 0 saturated heterocycles. The van der Waals surface area contributed by atoms with E-state index >= 15 is 0 Å². The van der Waals surface area contributed by atoms with Crippen LogP contribution in [0.3, 0.4) is 0 Å². The van der Waals surface area contributed by atoms with Crippen molar-refractivity contribution >= 4 is 0 Å². The lowest BCUT2D eigenvalue weighted by atomic mass is 10.0. The molecule has 3 heteroatoms. The van der Waals surface area contributed by atoms with Gasteiger partial charge in [-0.05, 0) is 25.0 Å². The highest BCUT2D eigenvalue weighted by atomic mass is 16.5. The molecule has 0 heterocycles. The molecule has 102 valence electrons. The monoisotopic (exact) mass is 252 g/mol. The van der Waals surface area contributed by atoms with Crippen LogP contribution in [0.2, 0.25) is 0 Å². The largest absolute Gasteiger partial charge is 0.497 e. The van der Waals surface area contributed by atoms with Gasteiger partial charge in [-0.25, -0.2) is 0 Å². The number of benzene rings is 1. The summed E-state index contributed by atoms with van der Waals surface area (Å²) in [7, 11) is 1.63. The second-order valence-corrected chi connectivity index (χ2v) is 4.57. The lowest BCUT2D eigenvalue weighted by Gasteiger charge is -2.18. The van der Waals surface area contributed by atoms with Crippen molar-refractivity contribution in [3.8, 4) is 11.5 Å². The van der Waals surface area contributed by atoms with E-state index in [4.69, 9.17) is 9.47 Å². The maximum atomic E-state index is 9.73. The first kappa shape index (κ1) is 14.8. The molecule has 0 fully saturated rings. The number of rotatable bonds is 7. The summed E-state index contributed by atoms with van der Waals surface area (Å²) in [6, 6.07) is 5.53. The SMILES string of the molecule is CCC(CC)COc1cc(OC)ccc1[C@H](C)O. The Morgan fingerprint density at radius 1 is 1.22 bits per heavy atom. The molecule has 0 aliphatic carbocycles. The van der Waals surface area contributed by atoms with Crippen molar-refractivity contribution in [2.75, 3.05) is 13.7 Å². The summed E-state index contributed by atoms with van der Waals surface area (Å²) < 4.78 is 11.0. The van der Waals surface area contributed by atoms with Gasteiger partial charge >= 0.3 is 0 Å². The van der Waals surface area contributed by atoms with E-state index in [0.29, 0.717) is 12.5 Å². The highest BCUT2D eigenvalue weighted by molar-refractivity contribution is 5.41. The summed E-state index contributed by atoms with van der Waals surface area (Å²) >= 11 is 0. The lowest BCUT2D eigenvalue weighted by molar-refractivity contribution is 0.184. The van der Waals surface area contributed by atoms with Crippen molar-refractivity contribution in [3.63, 3.8) is 0 Å². The molecule has 1 aromatic rings. The first-order valence-corrected chi connectivity index (χ1v) is 6.61. The molecule has 0 aliphatic heterocycles. The smallest absolute Gasteiger partial charge is 0.128 e. The van der Waals surface area contributed by atoms with Gasteiger partial charge in [0, 0.05) is 11.6 Å². The summed E-state index contributed by atoms with van der Waals surface area (Å²) in [4.78, 5) is 0. The van der Waals surface area contributed by atoms with Crippen LogP contribution in [0, 0.1) is 5.92 Å². The molecule has 18 heavy (non-hydrogen) atoms. The van der Waals surface area contributed by atoms with E-state index in [9.17, 15) is 5.11 Å². The Morgan fingerprint density at radius 3 is 2.39 bits per heavy atom. The first-order valence-electron chi connectivity index (χ1n) is 6.61. The van der Waals surface area contributed by atoms with Gasteiger partial charge in [0.25, 0.3) is 0 Å². The van der Waals surface area contributed by atoms with E-state index in [0.717, 1.165) is 29.9 Å². The third-order valence-corrected chi connectivity index (χ3v) is 3.30. The lowest BCUT2D eigenvalue weighted by Crippen LogP contribution is -2.11. The number of ether oxygens (including phenoxy) is 2. The molecule has 0 amide bonds. The van der Waals surface area contributed by atoms with E-state index in [-0.39, 0.29) is 0 Å². The van der Waals surface area contributed by atoms with Crippen LogP contribution >= 0.6 is 0 Å². The zero-order valence-electron chi connectivity index (χ0n) is 11.8. The van der Waals surface area contributed by atoms with Gasteiger partial charge in [0.15, 0.2) is 0 Å². The van der Waals surface area contributed by atoms with Gasteiger partial charge in [0.1, 0.15) is 11.5 Å². The quantitative estimate of drug-likeness (QED) is 0.806. The predicted molar refractivity (Wildman–Crippen MR) is 73.2 cm³/mol. The van der Waals surface area contributed by atoms with Crippen molar-refractivity contribution in [1.82, 2.24) is 0 Å².